The van der Waals surface area contributed by atoms with Gasteiger partial charge in [0.15, 0.2) is 12.0 Å². The summed E-state index contributed by atoms with van der Waals surface area (Å²) in [5.41, 5.74) is 5.63. The van der Waals surface area contributed by atoms with Crippen LogP contribution in [0.3, 0.4) is 0 Å². The molecule has 1 saturated heterocycles. The number of esters is 1. The lowest BCUT2D eigenvalue weighted by Gasteiger charge is -2.25. The highest BCUT2D eigenvalue weighted by molar-refractivity contribution is 5.86. The molecule has 0 aliphatic carbocycles. The molecular formula is C22H21N3O4. The summed E-state index contributed by atoms with van der Waals surface area (Å²) in [4.78, 5) is 20.4. The van der Waals surface area contributed by atoms with Crippen molar-refractivity contribution in [1.29, 1.82) is 0 Å². The quantitative estimate of drug-likeness (QED) is 0.484. The maximum absolute atomic E-state index is 11.4. The molecule has 29 heavy (non-hydrogen) atoms. The Labute approximate surface area is 167 Å². The zero-order valence-electron chi connectivity index (χ0n) is 16.1. The number of fused-ring (bicyclic) bond motifs is 2. The van der Waals surface area contributed by atoms with Gasteiger partial charge < -0.3 is 18.5 Å². The predicted molar refractivity (Wildman–Crippen MR) is 107 cm³/mol. The molecule has 5 rings (SSSR count). The molecular weight excluding hydrogens is 370 g/mol. The van der Waals surface area contributed by atoms with E-state index in [1.165, 1.54) is 13.3 Å². The smallest absolute Gasteiger partial charge is 0.303 e. The Balaban J connectivity index is 1.58. The number of aromatic nitrogens is 3. The van der Waals surface area contributed by atoms with Crippen molar-refractivity contribution in [1.82, 2.24) is 14.5 Å². The third-order valence-electron chi connectivity index (χ3n) is 5.39. The van der Waals surface area contributed by atoms with Crippen molar-refractivity contribution in [3.63, 3.8) is 0 Å². The Morgan fingerprint density at radius 2 is 1.90 bits per heavy atom. The number of carbonyl (C=O) groups excluding carboxylic acids is 1. The van der Waals surface area contributed by atoms with Crippen LogP contribution in [0, 0.1) is 0 Å². The van der Waals surface area contributed by atoms with Gasteiger partial charge in [0, 0.05) is 26.2 Å². The van der Waals surface area contributed by atoms with Gasteiger partial charge in [-0.3, -0.25) is 4.79 Å². The Hall–Kier alpha value is -3.19. The number of benzene rings is 2. The minimum Gasteiger partial charge on any atom is -0.458 e. The van der Waals surface area contributed by atoms with E-state index >= 15 is 0 Å². The van der Waals surface area contributed by atoms with Gasteiger partial charge >= 0.3 is 5.97 Å². The van der Waals surface area contributed by atoms with Crippen molar-refractivity contribution in [2.75, 3.05) is 13.2 Å². The molecule has 148 valence electrons. The SMILES string of the molecule is CC(=O)OCc1nc2cc(-c3ccc4ocnc4c3)ccc2n1C1CCOCC1. The van der Waals surface area contributed by atoms with E-state index in [0.717, 1.165) is 65.1 Å². The average Bonchev–Trinajstić information content (AvgIpc) is 3.35. The number of oxazole rings is 1. The predicted octanol–water partition coefficient (Wildman–Crippen LogP) is 4.26. The van der Waals surface area contributed by atoms with Crippen LogP contribution in [0.15, 0.2) is 47.2 Å². The molecule has 0 unspecified atom stereocenters. The summed E-state index contributed by atoms with van der Waals surface area (Å²) in [7, 11) is 0. The Bertz CT molecular complexity index is 1190. The molecule has 7 nitrogen and oxygen atoms in total. The first kappa shape index (κ1) is 17.9. The lowest BCUT2D eigenvalue weighted by molar-refractivity contribution is -0.142. The van der Waals surface area contributed by atoms with Gasteiger partial charge in [-0.1, -0.05) is 12.1 Å². The van der Waals surface area contributed by atoms with Gasteiger partial charge in [-0.25, -0.2) is 9.97 Å². The lowest BCUT2D eigenvalue weighted by atomic mass is 10.0. The van der Waals surface area contributed by atoms with Gasteiger partial charge in [-0.2, -0.15) is 0 Å². The standard InChI is InChI=1S/C22H21N3O4/c1-14(26)28-12-22-24-18-10-15(16-3-5-21-19(11-16)23-13-29-21)2-4-20(18)25(22)17-6-8-27-9-7-17/h2-5,10-11,13,17H,6-9,12H2,1H3. The zero-order valence-corrected chi connectivity index (χ0v) is 16.1. The molecule has 0 amide bonds. The average molecular weight is 391 g/mol. The van der Waals surface area contributed by atoms with Gasteiger partial charge in [-0.05, 0) is 48.2 Å². The summed E-state index contributed by atoms with van der Waals surface area (Å²) in [5.74, 6) is 0.461. The highest BCUT2D eigenvalue weighted by atomic mass is 16.5. The van der Waals surface area contributed by atoms with Gasteiger partial charge in [0.2, 0.25) is 0 Å². The van der Waals surface area contributed by atoms with Crippen molar-refractivity contribution in [3.05, 3.63) is 48.6 Å². The van der Waals surface area contributed by atoms with Crippen LogP contribution in [-0.4, -0.2) is 33.7 Å². The van der Waals surface area contributed by atoms with Crippen LogP contribution in [0.1, 0.15) is 31.6 Å². The molecule has 0 saturated carbocycles. The number of ether oxygens (including phenoxy) is 2. The van der Waals surface area contributed by atoms with E-state index in [-0.39, 0.29) is 18.6 Å². The van der Waals surface area contributed by atoms with Gasteiger partial charge in [0.25, 0.3) is 0 Å². The first-order valence-corrected chi connectivity index (χ1v) is 9.74. The fraction of sp³-hybridized carbons (Fsp3) is 0.318. The van der Waals surface area contributed by atoms with Crippen molar-refractivity contribution < 1.29 is 18.7 Å². The van der Waals surface area contributed by atoms with Crippen LogP contribution in [0.2, 0.25) is 0 Å². The molecule has 7 heteroatoms. The van der Waals surface area contributed by atoms with E-state index in [2.05, 4.69) is 27.8 Å². The van der Waals surface area contributed by atoms with Crippen LogP contribution in [0.25, 0.3) is 33.3 Å². The molecule has 1 fully saturated rings. The normalized spacial score (nSPS) is 15.2. The van der Waals surface area contributed by atoms with Gasteiger partial charge in [-0.15, -0.1) is 0 Å². The topological polar surface area (TPSA) is 79.4 Å². The minimum absolute atomic E-state index is 0.168. The summed E-state index contributed by atoms with van der Waals surface area (Å²) >= 11 is 0. The second-order valence-corrected chi connectivity index (χ2v) is 7.26. The van der Waals surface area contributed by atoms with Crippen LogP contribution in [0.4, 0.5) is 0 Å². The molecule has 0 bridgehead atoms. The van der Waals surface area contributed by atoms with E-state index < -0.39 is 0 Å². The number of carbonyl (C=O) groups is 1. The molecule has 3 heterocycles. The molecule has 0 N–H and O–H groups in total. The first-order chi connectivity index (χ1) is 14.2. The van der Waals surface area contributed by atoms with Crippen molar-refractivity contribution in [2.24, 2.45) is 0 Å². The van der Waals surface area contributed by atoms with E-state index in [1.807, 2.05) is 18.2 Å². The minimum atomic E-state index is -0.308. The third-order valence-corrected chi connectivity index (χ3v) is 5.39. The number of hydrogen-bond donors (Lipinski definition) is 0. The van der Waals surface area contributed by atoms with Crippen LogP contribution < -0.4 is 0 Å². The highest BCUT2D eigenvalue weighted by Crippen LogP contribution is 2.32. The van der Waals surface area contributed by atoms with Crippen LogP contribution in [-0.2, 0) is 20.9 Å². The second kappa shape index (κ2) is 7.33. The Morgan fingerprint density at radius 3 is 2.69 bits per heavy atom. The monoisotopic (exact) mass is 391 g/mol. The maximum Gasteiger partial charge on any atom is 0.303 e. The zero-order chi connectivity index (χ0) is 19.8. The van der Waals surface area contributed by atoms with E-state index in [9.17, 15) is 4.79 Å². The summed E-state index contributed by atoms with van der Waals surface area (Å²) in [6.45, 7) is 3.04. The van der Waals surface area contributed by atoms with Crippen LogP contribution in [0.5, 0.6) is 0 Å². The van der Waals surface area contributed by atoms with Crippen molar-refractivity contribution in [2.45, 2.75) is 32.4 Å². The Kier molecular flexibility index (Phi) is 4.52. The van der Waals surface area contributed by atoms with E-state index in [4.69, 9.17) is 18.9 Å². The summed E-state index contributed by atoms with van der Waals surface area (Å²) in [5, 5.41) is 0. The fourth-order valence-electron chi connectivity index (χ4n) is 3.98. The summed E-state index contributed by atoms with van der Waals surface area (Å²) in [6.07, 6.45) is 3.29. The van der Waals surface area contributed by atoms with Gasteiger partial charge in [0.1, 0.15) is 17.9 Å². The number of hydrogen-bond acceptors (Lipinski definition) is 6. The Morgan fingerprint density at radius 1 is 1.14 bits per heavy atom. The molecule has 2 aromatic heterocycles. The van der Waals surface area contributed by atoms with Crippen molar-refractivity contribution in [3.8, 4) is 11.1 Å². The first-order valence-electron chi connectivity index (χ1n) is 9.74. The maximum atomic E-state index is 11.4. The molecule has 4 aromatic rings. The molecule has 0 radical (unpaired) electrons. The molecule has 2 aromatic carbocycles. The third kappa shape index (κ3) is 3.38. The summed E-state index contributed by atoms with van der Waals surface area (Å²) < 4.78 is 18.3. The van der Waals surface area contributed by atoms with Crippen molar-refractivity contribution >= 4 is 28.1 Å². The largest absolute Gasteiger partial charge is 0.458 e. The molecule has 0 atom stereocenters. The fourth-order valence-corrected chi connectivity index (χ4v) is 3.98. The van der Waals surface area contributed by atoms with Crippen LogP contribution >= 0.6 is 0 Å². The highest BCUT2D eigenvalue weighted by Gasteiger charge is 2.22. The van der Waals surface area contributed by atoms with E-state index in [1.54, 1.807) is 0 Å². The molecule has 1 aliphatic rings. The number of rotatable bonds is 4. The lowest BCUT2D eigenvalue weighted by Crippen LogP contribution is -2.21. The van der Waals surface area contributed by atoms with E-state index in [0.29, 0.717) is 0 Å². The number of imidazole rings is 1. The molecule has 1 aliphatic heterocycles. The number of nitrogens with zero attached hydrogens (tertiary/aromatic N) is 3. The molecule has 0 spiro atoms. The summed E-state index contributed by atoms with van der Waals surface area (Å²) in [6, 6.07) is 12.5. The second-order valence-electron chi connectivity index (χ2n) is 7.26. The van der Waals surface area contributed by atoms with Gasteiger partial charge in [0.05, 0.1) is 11.0 Å².